The minimum Gasteiger partial charge on any atom is -0.358 e. The molecule has 0 bridgehead atoms. The van der Waals surface area contributed by atoms with Gasteiger partial charge in [0.1, 0.15) is 0 Å². The normalized spacial score (nSPS) is 48.5. The lowest BCUT2D eigenvalue weighted by molar-refractivity contribution is -0.128. The molecule has 1 aliphatic carbocycles. The number of hydrogen-bond donors (Lipinski definition) is 0. The molecule has 1 heterocycles. The van der Waals surface area contributed by atoms with Crippen LogP contribution >= 0.6 is 0 Å². The monoisotopic (exact) mass is 180 g/mol. The molecule has 0 aromatic rings. The van der Waals surface area contributed by atoms with Crippen LogP contribution in [0.5, 0.6) is 0 Å². The summed E-state index contributed by atoms with van der Waals surface area (Å²) >= 11 is 0. The van der Waals surface area contributed by atoms with E-state index in [0.29, 0.717) is 5.92 Å². The third-order valence-corrected chi connectivity index (χ3v) is 3.55. The second kappa shape index (κ2) is 2.44. The van der Waals surface area contributed by atoms with Crippen molar-refractivity contribution in [2.45, 2.75) is 38.9 Å². The van der Waals surface area contributed by atoms with E-state index >= 15 is 0 Å². The summed E-state index contributed by atoms with van der Waals surface area (Å²) in [5.74, 6) is 0.672. The van der Waals surface area contributed by atoms with Gasteiger partial charge in [-0.15, -0.1) is 0 Å². The van der Waals surface area contributed by atoms with Crippen molar-refractivity contribution in [3.8, 4) is 0 Å². The number of fused-ring (bicyclic) bond motifs is 1. The van der Waals surface area contributed by atoms with Crippen molar-refractivity contribution in [2.24, 2.45) is 11.8 Å². The average molecular weight is 180 g/mol. The molecule has 0 spiro atoms. The van der Waals surface area contributed by atoms with Crippen LogP contribution in [0.3, 0.4) is 0 Å². The van der Waals surface area contributed by atoms with Gasteiger partial charge in [-0.1, -0.05) is 19.1 Å². The fourth-order valence-electron chi connectivity index (χ4n) is 2.45. The number of ether oxygens (including phenoxy) is 1. The van der Waals surface area contributed by atoms with E-state index in [4.69, 9.17) is 4.74 Å². The maximum Gasteiger partial charge on any atom is 0.170 e. The van der Waals surface area contributed by atoms with Gasteiger partial charge in [0.15, 0.2) is 11.4 Å². The fourth-order valence-corrected chi connectivity index (χ4v) is 2.45. The molecule has 0 radical (unpaired) electrons. The van der Waals surface area contributed by atoms with Crippen molar-refractivity contribution in [1.29, 1.82) is 0 Å². The fraction of sp³-hybridized carbons (Fsp3) is 0.727. The summed E-state index contributed by atoms with van der Waals surface area (Å²) in [5, 5.41) is 0. The molecule has 0 aromatic carbocycles. The Kier molecular flexibility index (Phi) is 1.68. The SMILES string of the molecule is C=C(C)[C@@H]1C[C@H]2O[C@@]2(C)C(=O)[C@H]1C. The number of carbonyl (C=O) groups is 1. The van der Waals surface area contributed by atoms with Gasteiger partial charge in [0.25, 0.3) is 0 Å². The van der Waals surface area contributed by atoms with Crippen LogP contribution in [-0.2, 0) is 9.53 Å². The van der Waals surface area contributed by atoms with Crippen molar-refractivity contribution >= 4 is 5.78 Å². The Labute approximate surface area is 79.0 Å². The minimum absolute atomic E-state index is 0.0845. The molecule has 13 heavy (non-hydrogen) atoms. The first-order valence-electron chi connectivity index (χ1n) is 4.84. The number of hydrogen-bond acceptors (Lipinski definition) is 2. The summed E-state index contributed by atoms with van der Waals surface area (Å²) in [4.78, 5) is 11.8. The Morgan fingerprint density at radius 2 is 2.31 bits per heavy atom. The first-order chi connectivity index (χ1) is 5.97. The molecule has 0 amide bonds. The number of Topliss-reactive ketones (excluding diaryl/α,β-unsaturated/α-hetero) is 1. The van der Waals surface area contributed by atoms with Crippen LogP contribution in [0.4, 0.5) is 0 Å². The number of epoxide rings is 1. The molecule has 2 heteroatoms. The Hall–Kier alpha value is -0.630. The molecule has 2 aliphatic rings. The third kappa shape index (κ3) is 1.08. The minimum atomic E-state index is -0.439. The lowest BCUT2D eigenvalue weighted by Crippen LogP contribution is -2.39. The van der Waals surface area contributed by atoms with E-state index in [-0.39, 0.29) is 17.8 Å². The summed E-state index contributed by atoms with van der Waals surface area (Å²) in [6.07, 6.45) is 1.14. The molecule has 72 valence electrons. The van der Waals surface area contributed by atoms with Crippen molar-refractivity contribution in [1.82, 2.24) is 0 Å². The van der Waals surface area contributed by atoms with E-state index in [2.05, 4.69) is 6.58 Å². The van der Waals surface area contributed by atoms with Gasteiger partial charge < -0.3 is 4.74 Å². The van der Waals surface area contributed by atoms with Crippen molar-refractivity contribution in [2.75, 3.05) is 0 Å². The molecular formula is C11H16O2. The highest BCUT2D eigenvalue weighted by Crippen LogP contribution is 2.50. The van der Waals surface area contributed by atoms with Gasteiger partial charge in [0.05, 0.1) is 6.10 Å². The van der Waals surface area contributed by atoms with E-state index in [1.54, 1.807) is 0 Å². The number of allylic oxidation sites excluding steroid dienone is 1. The van der Waals surface area contributed by atoms with Gasteiger partial charge in [-0.25, -0.2) is 0 Å². The number of ketones is 1. The summed E-state index contributed by atoms with van der Waals surface area (Å²) in [6.45, 7) is 9.83. The molecule has 0 aromatic heterocycles. The summed E-state index contributed by atoms with van der Waals surface area (Å²) in [7, 11) is 0. The van der Waals surface area contributed by atoms with Crippen LogP contribution in [-0.4, -0.2) is 17.5 Å². The highest BCUT2D eigenvalue weighted by atomic mass is 16.6. The molecule has 1 aliphatic heterocycles. The molecule has 0 unspecified atom stereocenters. The van der Waals surface area contributed by atoms with Crippen LogP contribution in [0, 0.1) is 11.8 Å². The predicted octanol–water partition coefficient (Wildman–Crippen LogP) is 1.95. The zero-order chi connectivity index (χ0) is 9.80. The van der Waals surface area contributed by atoms with Crippen LogP contribution in [0.2, 0.25) is 0 Å². The average Bonchev–Trinajstić information content (AvgIpc) is 2.70. The highest BCUT2D eigenvalue weighted by molar-refractivity contribution is 5.93. The molecular weight excluding hydrogens is 164 g/mol. The molecule has 2 fully saturated rings. The van der Waals surface area contributed by atoms with Crippen molar-refractivity contribution in [3.63, 3.8) is 0 Å². The smallest absolute Gasteiger partial charge is 0.170 e. The molecule has 2 rings (SSSR count). The van der Waals surface area contributed by atoms with Crippen LogP contribution < -0.4 is 0 Å². The molecule has 1 saturated heterocycles. The number of rotatable bonds is 1. The quantitative estimate of drug-likeness (QED) is 0.456. The van der Waals surface area contributed by atoms with Gasteiger partial charge in [-0.3, -0.25) is 4.79 Å². The summed E-state index contributed by atoms with van der Waals surface area (Å²) < 4.78 is 5.44. The molecule has 1 saturated carbocycles. The Morgan fingerprint density at radius 3 is 2.85 bits per heavy atom. The summed E-state index contributed by atoms with van der Waals surface area (Å²) in [6, 6.07) is 0. The zero-order valence-electron chi connectivity index (χ0n) is 8.46. The van der Waals surface area contributed by atoms with Crippen LogP contribution in [0.25, 0.3) is 0 Å². The predicted molar refractivity (Wildman–Crippen MR) is 50.4 cm³/mol. The topological polar surface area (TPSA) is 29.6 Å². The van der Waals surface area contributed by atoms with Gasteiger partial charge in [-0.2, -0.15) is 0 Å². The third-order valence-electron chi connectivity index (χ3n) is 3.55. The second-order valence-electron chi connectivity index (χ2n) is 4.56. The zero-order valence-corrected chi connectivity index (χ0v) is 8.46. The largest absolute Gasteiger partial charge is 0.358 e. The standard InChI is InChI=1S/C11H16O2/c1-6(2)8-5-9-11(4,13-9)10(12)7(8)3/h7-9H,1,5H2,2-4H3/t7-,8-,9+,11+/m0/s1. The van der Waals surface area contributed by atoms with E-state index in [9.17, 15) is 4.79 Å². The number of carbonyl (C=O) groups excluding carboxylic acids is 1. The maximum atomic E-state index is 11.8. The van der Waals surface area contributed by atoms with Gasteiger partial charge in [0.2, 0.25) is 0 Å². The lowest BCUT2D eigenvalue weighted by Gasteiger charge is -2.28. The summed E-state index contributed by atoms with van der Waals surface area (Å²) in [5.41, 5.74) is 0.671. The van der Waals surface area contributed by atoms with Crippen molar-refractivity contribution < 1.29 is 9.53 Å². The van der Waals surface area contributed by atoms with E-state index < -0.39 is 5.60 Å². The van der Waals surface area contributed by atoms with E-state index in [1.807, 2.05) is 20.8 Å². The van der Waals surface area contributed by atoms with Crippen LogP contribution in [0.15, 0.2) is 12.2 Å². The van der Waals surface area contributed by atoms with Gasteiger partial charge >= 0.3 is 0 Å². The highest BCUT2D eigenvalue weighted by Gasteiger charge is 2.63. The molecule has 4 atom stereocenters. The first kappa shape index (κ1) is 8.95. The van der Waals surface area contributed by atoms with E-state index in [0.717, 1.165) is 12.0 Å². The Morgan fingerprint density at radius 1 is 1.69 bits per heavy atom. The van der Waals surface area contributed by atoms with Crippen LogP contribution in [0.1, 0.15) is 27.2 Å². The maximum absolute atomic E-state index is 11.8. The molecule has 2 nitrogen and oxygen atoms in total. The molecule has 0 N–H and O–H groups in total. The Bertz CT molecular complexity index is 282. The van der Waals surface area contributed by atoms with Crippen molar-refractivity contribution in [3.05, 3.63) is 12.2 Å². The first-order valence-corrected chi connectivity index (χ1v) is 4.84. The van der Waals surface area contributed by atoms with Gasteiger partial charge in [-0.05, 0) is 26.2 Å². The lowest BCUT2D eigenvalue weighted by atomic mass is 9.72. The Balaban J connectivity index is 2.22. The van der Waals surface area contributed by atoms with E-state index in [1.165, 1.54) is 0 Å². The second-order valence-corrected chi connectivity index (χ2v) is 4.56. The van der Waals surface area contributed by atoms with Gasteiger partial charge in [0, 0.05) is 5.92 Å².